The van der Waals surface area contributed by atoms with E-state index in [-0.39, 0.29) is 29.3 Å². The molecule has 0 aromatic heterocycles. The molecular formula is C28H26O2. The number of carbonyl (C=O) groups is 2. The Morgan fingerprint density at radius 3 is 1.93 bits per heavy atom. The van der Waals surface area contributed by atoms with Crippen molar-refractivity contribution >= 4 is 17.6 Å². The standard InChI is InChI=1S/C28H26O2/c29-26(22-12-6-2-7-13-22)20-25-19-18-23(17-16-21-10-4-1-5-11-21)27(25)28(30)24-14-8-3-9-15-24/h1-17,23,25,27H,18-20H2/b17-16+/t23-,25-,27+/m0/s1. The van der Waals surface area contributed by atoms with Crippen LogP contribution in [0.2, 0.25) is 0 Å². The summed E-state index contributed by atoms with van der Waals surface area (Å²) in [6.07, 6.45) is 6.53. The second-order valence-corrected chi connectivity index (χ2v) is 8.02. The van der Waals surface area contributed by atoms with Gasteiger partial charge in [0.25, 0.3) is 0 Å². The second-order valence-electron chi connectivity index (χ2n) is 8.02. The molecule has 0 aliphatic heterocycles. The molecule has 4 rings (SSSR count). The van der Waals surface area contributed by atoms with E-state index in [0.29, 0.717) is 6.42 Å². The molecule has 3 aromatic rings. The van der Waals surface area contributed by atoms with Crippen LogP contribution in [0.25, 0.3) is 6.08 Å². The molecule has 0 unspecified atom stereocenters. The van der Waals surface area contributed by atoms with E-state index in [4.69, 9.17) is 0 Å². The molecule has 1 fully saturated rings. The SMILES string of the molecule is O=C(C[C@@H]1CC[C@H](/C=C/c2ccccc2)[C@H]1C(=O)c1ccccc1)c1ccccc1. The molecule has 0 saturated heterocycles. The Kier molecular flexibility index (Phi) is 6.34. The maximum absolute atomic E-state index is 13.5. The zero-order valence-electron chi connectivity index (χ0n) is 17.0. The van der Waals surface area contributed by atoms with E-state index in [9.17, 15) is 9.59 Å². The molecule has 0 N–H and O–H groups in total. The predicted octanol–water partition coefficient (Wildman–Crippen LogP) is 6.50. The lowest BCUT2D eigenvalue weighted by Crippen LogP contribution is -2.26. The van der Waals surface area contributed by atoms with Gasteiger partial charge in [0.15, 0.2) is 11.6 Å². The zero-order valence-corrected chi connectivity index (χ0v) is 17.0. The molecule has 2 heteroatoms. The number of ketones is 2. The van der Waals surface area contributed by atoms with E-state index >= 15 is 0 Å². The van der Waals surface area contributed by atoms with Crippen LogP contribution in [-0.4, -0.2) is 11.6 Å². The van der Waals surface area contributed by atoms with Crippen molar-refractivity contribution in [3.8, 4) is 0 Å². The minimum absolute atomic E-state index is 0.0656. The Morgan fingerprint density at radius 2 is 1.30 bits per heavy atom. The third kappa shape index (κ3) is 4.65. The summed E-state index contributed by atoms with van der Waals surface area (Å²) in [5.41, 5.74) is 2.60. The van der Waals surface area contributed by atoms with E-state index in [1.807, 2.05) is 78.9 Å². The van der Waals surface area contributed by atoms with Crippen LogP contribution >= 0.6 is 0 Å². The largest absolute Gasteiger partial charge is 0.294 e. The van der Waals surface area contributed by atoms with Gasteiger partial charge >= 0.3 is 0 Å². The number of allylic oxidation sites excluding steroid dienone is 1. The fraction of sp³-hybridized carbons (Fsp3) is 0.214. The molecule has 0 amide bonds. The monoisotopic (exact) mass is 394 g/mol. The van der Waals surface area contributed by atoms with Crippen molar-refractivity contribution < 1.29 is 9.59 Å². The highest BCUT2D eigenvalue weighted by molar-refractivity contribution is 6.00. The molecule has 3 aromatic carbocycles. The Morgan fingerprint density at radius 1 is 0.733 bits per heavy atom. The van der Waals surface area contributed by atoms with E-state index in [1.54, 1.807) is 0 Å². The van der Waals surface area contributed by atoms with E-state index < -0.39 is 0 Å². The molecule has 1 aliphatic rings. The first-order valence-electron chi connectivity index (χ1n) is 10.6. The van der Waals surface area contributed by atoms with Gasteiger partial charge in [0.2, 0.25) is 0 Å². The van der Waals surface area contributed by atoms with Gasteiger partial charge in [-0.2, -0.15) is 0 Å². The van der Waals surface area contributed by atoms with Gasteiger partial charge in [-0.1, -0.05) is 103 Å². The quantitative estimate of drug-likeness (QED) is 0.429. The number of hydrogen-bond donors (Lipinski definition) is 0. The number of Topliss-reactive ketones (excluding diaryl/α,β-unsaturated/α-hetero) is 2. The molecule has 3 atom stereocenters. The van der Waals surface area contributed by atoms with Crippen molar-refractivity contribution in [1.29, 1.82) is 0 Å². The van der Waals surface area contributed by atoms with Gasteiger partial charge in [0, 0.05) is 23.5 Å². The minimum atomic E-state index is -0.167. The summed E-state index contributed by atoms with van der Waals surface area (Å²) in [4.78, 5) is 26.3. The van der Waals surface area contributed by atoms with Crippen LogP contribution in [0.15, 0.2) is 97.1 Å². The molecule has 1 saturated carbocycles. The highest BCUT2D eigenvalue weighted by Gasteiger charge is 2.40. The maximum Gasteiger partial charge on any atom is 0.166 e. The summed E-state index contributed by atoms with van der Waals surface area (Å²) in [6, 6.07) is 29.1. The van der Waals surface area contributed by atoms with E-state index in [0.717, 1.165) is 29.5 Å². The fourth-order valence-electron chi connectivity index (χ4n) is 4.54. The summed E-state index contributed by atoms with van der Waals surface area (Å²) in [7, 11) is 0. The summed E-state index contributed by atoms with van der Waals surface area (Å²) >= 11 is 0. The number of hydrogen-bond acceptors (Lipinski definition) is 2. The molecule has 0 bridgehead atoms. The number of carbonyl (C=O) groups excluding carboxylic acids is 2. The fourth-order valence-corrected chi connectivity index (χ4v) is 4.54. The van der Waals surface area contributed by atoms with Crippen LogP contribution in [0.1, 0.15) is 45.5 Å². The molecule has 2 nitrogen and oxygen atoms in total. The molecule has 0 radical (unpaired) electrons. The Labute approximate surface area is 178 Å². The molecule has 30 heavy (non-hydrogen) atoms. The maximum atomic E-state index is 13.5. The third-order valence-electron chi connectivity index (χ3n) is 6.08. The van der Waals surface area contributed by atoms with Crippen LogP contribution in [0.4, 0.5) is 0 Å². The first kappa shape index (κ1) is 20.0. The van der Waals surface area contributed by atoms with Crippen LogP contribution in [0, 0.1) is 17.8 Å². The molecule has 150 valence electrons. The van der Waals surface area contributed by atoms with E-state index in [1.165, 1.54) is 0 Å². The first-order valence-corrected chi connectivity index (χ1v) is 10.6. The lowest BCUT2D eigenvalue weighted by Gasteiger charge is -2.22. The molecule has 0 spiro atoms. The van der Waals surface area contributed by atoms with Gasteiger partial charge in [0.1, 0.15) is 0 Å². The summed E-state index contributed by atoms with van der Waals surface area (Å²) in [5, 5.41) is 0. The Hall–Kier alpha value is -3.26. The van der Waals surface area contributed by atoms with Crippen molar-refractivity contribution in [2.75, 3.05) is 0 Å². The highest BCUT2D eigenvalue weighted by atomic mass is 16.1. The van der Waals surface area contributed by atoms with Gasteiger partial charge < -0.3 is 0 Å². The molecular weight excluding hydrogens is 368 g/mol. The van der Waals surface area contributed by atoms with Gasteiger partial charge in [-0.25, -0.2) is 0 Å². The van der Waals surface area contributed by atoms with Crippen molar-refractivity contribution in [2.45, 2.75) is 19.3 Å². The Balaban J connectivity index is 1.58. The molecule has 1 aliphatic carbocycles. The second kappa shape index (κ2) is 9.49. The lowest BCUT2D eigenvalue weighted by atomic mass is 9.80. The van der Waals surface area contributed by atoms with Crippen LogP contribution < -0.4 is 0 Å². The average molecular weight is 395 g/mol. The Bertz CT molecular complexity index is 1010. The van der Waals surface area contributed by atoms with Crippen LogP contribution in [0.3, 0.4) is 0 Å². The topological polar surface area (TPSA) is 34.1 Å². The van der Waals surface area contributed by atoms with E-state index in [2.05, 4.69) is 24.3 Å². The first-order chi connectivity index (χ1) is 14.7. The van der Waals surface area contributed by atoms with Crippen molar-refractivity contribution in [1.82, 2.24) is 0 Å². The van der Waals surface area contributed by atoms with Crippen molar-refractivity contribution in [3.05, 3.63) is 114 Å². The highest BCUT2D eigenvalue weighted by Crippen LogP contribution is 2.42. The zero-order chi connectivity index (χ0) is 20.8. The van der Waals surface area contributed by atoms with Gasteiger partial charge in [-0.05, 0) is 30.2 Å². The summed E-state index contributed by atoms with van der Waals surface area (Å²) in [5.74, 6) is 0.322. The van der Waals surface area contributed by atoms with Crippen LogP contribution in [0.5, 0.6) is 0 Å². The smallest absolute Gasteiger partial charge is 0.166 e. The number of rotatable bonds is 7. The van der Waals surface area contributed by atoms with Gasteiger partial charge in [-0.15, -0.1) is 0 Å². The molecule has 0 heterocycles. The van der Waals surface area contributed by atoms with Gasteiger partial charge in [-0.3, -0.25) is 9.59 Å². The number of benzene rings is 3. The van der Waals surface area contributed by atoms with Crippen molar-refractivity contribution in [2.24, 2.45) is 17.8 Å². The minimum Gasteiger partial charge on any atom is -0.294 e. The normalized spacial score (nSPS) is 21.0. The summed E-state index contributed by atoms with van der Waals surface area (Å²) in [6.45, 7) is 0. The average Bonchev–Trinajstić information content (AvgIpc) is 3.21. The van der Waals surface area contributed by atoms with Crippen LogP contribution in [-0.2, 0) is 0 Å². The van der Waals surface area contributed by atoms with Crippen molar-refractivity contribution in [3.63, 3.8) is 0 Å². The van der Waals surface area contributed by atoms with Gasteiger partial charge in [0.05, 0.1) is 0 Å². The predicted molar refractivity (Wildman–Crippen MR) is 121 cm³/mol. The lowest BCUT2D eigenvalue weighted by molar-refractivity contribution is 0.0841. The summed E-state index contributed by atoms with van der Waals surface area (Å²) < 4.78 is 0. The third-order valence-corrected chi connectivity index (χ3v) is 6.08.